The molecule has 2 aliphatic rings. The van der Waals surface area contributed by atoms with Crippen molar-refractivity contribution in [2.24, 2.45) is 5.92 Å². The summed E-state index contributed by atoms with van der Waals surface area (Å²) in [7, 11) is 0. The molecule has 0 aliphatic carbocycles. The fraction of sp³-hybridized carbons (Fsp3) is 0.550. The lowest BCUT2D eigenvalue weighted by Gasteiger charge is -2.33. The molecular weight excluding hydrogens is 321 g/mol. The monoisotopic (exact) mass is 347 g/mol. The molecule has 0 saturated carbocycles. The summed E-state index contributed by atoms with van der Waals surface area (Å²) in [6, 6.07) is 5.57. The Bertz CT molecular complexity index is 638. The second kappa shape index (κ2) is 8.48. The van der Waals surface area contributed by atoms with Crippen LogP contribution in [0.3, 0.4) is 0 Å². The lowest BCUT2D eigenvalue weighted by atomic mass is 9.95. The van der Waals surface area contributed by atoms with E-state index in [1.54, 1.807) is 6.07 Å². The standard InChI is InChI=1S/C20H26FNO3/c1-2-15(12-21)14-25-18-3-4-19-17(11-18)5-8-22(20(19)23)13-16-6-9-24-10-7-16/h3-4,11-12,16H,2,5-10,13-14H2,1H3/b15-12-. The zero-order chi connectivity index (χ0) is 17.6. The van der Waals surface area contributed by atoms with Crippen LogP contribution in [0.15, 0.2) is 30.1 Å². The molecule has 1 saturated heterocycles. The molecule has 5 heteroatoms. The maximum Gasteiger partial charge on any atom is 0.254 e. The third-order valence-electron chi connectivity index (χ3n) is 5.10. The highest BCUT2D eigenvalue weighted by Gasteiger charge is 2.27. The molecule has 2 heterocycles. The van der Waals surface area contributed by atoms with E-state index in [0.717, 1.165) is 56.7 Å². The molecule has 0 N–H and O–H groups in total. The Morgan fingerprint density at radius 1 is 1.40 bits per heavy atom. The van der Waals surface area contributed by atoms with Crippen LogP contribution in [-0.4, -0.2) is 43.7 Å². The Morgan fingerprint density at radius 2 is 2.20 bits per heavy atom. The van der Waals surface area contributed by atoms with E-state index < -0.39 is 0 Å². The molecule has 1 aromatic carbocycles. The van der Waals surface area contributed by atoms with Crippen molar-refractivity contribution in [2.75, 3.05) is 32.9 Å². The number of hydrogen-bond donors (Lipinski definition) is 0. The molecule has 0 unspecified atom stereocenters. The lowest BCUT2D eigenvalue weighted by molar-refractivity contribution is 0.0449. The van der Waals surface area contributed by atoms with E-state index in [-0.39, 0.29) is 12.5 Å². The van der Waals surface area contributed by atoms with Crippen molar-refractivity contribution in [1.82, 2.24) is 4.90 Å². The molecule has 2 aliphatic heterocycles. The molecule has 1 fully saturated rings. The van der Waals surface area contributed by atoms with E-state index in [1.165, 1.54) is 0 Å². The normalized spacial score (nSPS) is 19.0. The summed E-state index contributed by atoms with van der Waals surface area (Å²) in [6.45, 7) is 5.31. The van der Waals surface area contributed by atoms with Crippen LogP contribution in [0.2, 0.25) is 0 Å². The topological polar surface area (TPSA) is 38.8 Å². The summed E-state index contributed by atoms with van der Waals surface area (Å²) >= 11 is 0. The Hall–Kier alpha value is -1.88. The number of rotatable bonds is 6. The predicted octanol–water partition coefficient (Wildman–Crippen LogP) is 3.75. The minimum atomic E-state index is 0.109. The molecule has 0 atom stereocenters. The highest BCUT2D eigenvalue weighted by atomic mass is 19.1. The van der Waals surface area contributed by atoms with Gasteiger partial charge in [0.1, 0.15) is 12.4 Å². The Kier molecular flexibility index (Phi) is 6.08. The predicted molar refractivity (Wildman–Crippen MR) is 94.6 cm³/mol. The molecule has 3 rings (SSSR count). The molecule has 25 heavy (non-hydrogen) atoms. The fourth-order valence-electron chi connectivity index (χ4n) is 3.40. The van der Waals surface area contributed by atoms with Crippen LogP contribution in [0.5, 0.6) is 5.75 Å². The summed E-state index contributed by atoms with van der Waals surface area (Å²) in [5.41, 5.74) is 2.41. The van der Waals surface area contributed by atoms with Crippen molar-refractivity contribution < 1.29 is 18.7 Å². The maximum atomic E-state index is 12.8. The van der Waals surface area contributed by atoms with Gasteiger partial charge in [0.25, 0.3) is 5.91 Å². The van der Waals surface area contributed by atoms with Crippen LogP contribution in [-0.2, 0) is 11.2 Å². The largest absolute Gasteiger partial charge is 0.489 e. The van der Waals surface area contributed by atoms with E-state index in [9.17, 15) is 9.18 Å². The molecule has 136 valence electrons. The number of halogens is 1. The average Bonchev–Trinajstić information content (AvgIpc) is 2.66. The number of carbonyl (C=O) groups excluding carboxylic acids is 1. The first-order valence-corrected chi connectivity index (χ1v) is 9.12. The Labute approximate surface area is 148 Å². The highest BCUT2D eigenvalue weighted by molar-refractivity contribution is 5.97. The van der Waals surface area contributed by atoms with Crippen molar-refractivity contribution in [3.05, 3.63) is 41.2 Å². The molecule has 0 bridgehead atoms. The van der Waals surface area contributed by atoms with Gasteiger partial charge < -0.3 is 14.4 Å². The quantitative estimate of drug-likeness (QED) is 0.787. The van der Waals surface area contributed by atoms with Gasteiger partial charge in [-0.15, -0.1) is 0 Å². The van der Waals surface area contributed by atoms with E-state index in [4.69, 9.17) is 9.47 Å². The van der Waals surface area contributed by atoms with Crippen LogP contribution >= 0.6 is 0 Å². The van der Waals surface area contributed by atoms with Crippen LogP contribution in [0, 0.1) is 5.92 Å². The van der Waals surface area contributed by atoms with Gasteiger partial charge in [0.2, 0.25) is 0 Å². The Balaban J connectivity index is 1.63. The molecule has 1 amide bonds. The van der Waals surface area contributed by atoms with Crippen molar-refractivity contribution in [3.63, 3.8) is 0 Å². The summed E-state index contributed by atoms with van der Waals surface area (Å²) in [5.74, 6) is 1.34. The second-order valence-corrected chi connectivity index (χ2v) is 6.79. The molecular formula is C20H26FNO3. The Morgan fingerprint density at radius 3 is 2.92 bits per heavy atom. The van der Waals surface area contributed by atoms with Crippen molar-refractivity contribution in [1.29, 1.82) is 0 Å². The first-order valence-electron chi connectivity index (χ1n) is 9.12. The number of benzene rings is 1. The number of nitrogens with zero attached hydrogens (tertiary/aromatic N) is 1. The lowest BCUT2D eigenvalue weighted by Crippen LogP contribution is -2.41. The highest BCUT2D eigenvalue weighted by Crippen LogP contribution is 2.26. The number of carbonyl (C=O) groups is 1. The minimum absolute atomic E-state index is 0.109. The molecule has 0 spiro atoms. The van der Waals surface area contributed by atoms with Gasteiger partial charge in [-0.25, -0.2) is 4.39 Å². The first kappa shape index (κ1) is 17.9. The van der Waals surface area contributed by atoms with Gasteiger partial charge in [0.15, 0.2) is 0 Å². The van der Waals surface area contributed by atoms with Gasteiger partial charge in [0, 0.05) is 31.9 Å². The molecule has 0 radical (unpaired) electrons. The molecule has 1 aromatic rings. The third kappa shape index (κ3) is 4.40. The minimum Gasteiger partial charge on any atom is -0.489 e. The van der Waals surface area contributed by atoms with Crippen LogP contribution in [0.4, 0.5) is 4.39 Å². The summed E-state index contributed by atoms with van der Waals surface area (Å²) < 4.78 is 23.7. The zero-order valence-corrected chi connectivity index (χ0v) is 14.8. The van der Waals surface area contributed by atoms with Crippen LogP contribution in [0.1, 0.15) is 42.1 Å². The van der Waals surface area contributed by atoms with Crippen molar-refractivity contribution in [3.8, 4) is 5.75 Å². The van der Waals surface area contributed by atoms with Crippen molar-refractivity contribution in [2.45, 2.75) is 32.6 Å². The van der Waals surface area contributed by atoms with Gasteiger partial charge >= 0.3 is 0 Å². The number of amides is 1. The summed E-state index contributed by atoms with van der Waals surface area (Å²) in [5, 5.41) is 0. The third-order valence-corrected chi connectivity index (χ3v) is 5.10. The molecule has 0 aromatic heterocycles. The summed E-state index contributed by atoms with van der Waals surface area (Å²) in [6.07, 6.45) is 4.13. The maximum absolute atomic E-state index is 12.8. The van der Waals surface area contributed by atoms with Crippen molar-refractivity contribution >= 4 is 5.91 Å². The van der Waals surface area contributed by atoms with Crippen LogP contribution in [0.25, 0.3) is 0 Å². The first-order chi connectivity index (χ1) is 12.2. The van der Waals surface area contributed by atoms with Gasteiger partial charge in [-0.2, -0.15) is 0 Å². The summed E-state index contributed by atoms with van der Waals surface area (Å²) in [4.78, 5) is 14.7. The van der Waals surface area contributed by atoms with Gasteiger partial charge in [-0.1, -0.05) is 6.92 Å². The van der Waals surface area contributed by atoms with Gasteiger partial charge in [-0.05, 0) is 60.9 Å². The van der Waals surface area contributed by atoms with E-state index in [1.807, 2.05) is 24.0 Å². The van der Waals surface area contributed by atoms with Gasteiger partial charge in [-0.3, -0.25) is 4.79 Å². The second-order valence-electron chi connectivity index (χ2n) is 6.79. The van der Waals surface area contributed by atoms with E-state index in [2.05, 4.69) is 0 Å². The van der Waals surface area contributed by atoms with E-state index >= 15 is 0 Å². The fourth-order valence-corrected chi connectivity index (χ4v) is 3.40. The van der Waals surface area contributed by atoms with E-state index in [0.29, 0.717) is 30.0 Å². The zero-order valence-electron chi connectivity index (χ0n) is 14.8. The smallest absolute Gasteiger partial charge is 0.254 e. The average molecular weight is 347 g/mol. The SMILES string of the molecule is CC/C(=C/F)COc1ccc2c(c1)CCN(CC1CCOCC1)C2=O. The van der Waals surface area contributed by atoms with Gasteiger partial charge in [0.05, 0.1) is 6.33 Å². The number of fused-ring (bicyclic) bond motifs is 1. The number of ether oxygens (including phenoxy) is 2. The van der Waals surface area contributed by atoms with Crippen LogP contribution < -0.4 is 4.74 Å². The molecule has 4 nitrogen and oxygen atoms in total. The number of hydrogen-bond acceptors (Lipinski definition) is 3.